The molecule has 0 fully saturated rings. The van der Waals surface area contributed by atoms with E-state index in [2.05, 4.69) is 37.1 Å². The van der Waals surface area contributed by atoms with E-state index < -0.39 is 17.9 Å². The van der Waals surface area contributed by atoms with Crippen molar-refractivity contribution in [1.29, 1.82) is 0 Å². The van der Waals surface area contributed by atoms with Crippen molar-refractivity contribution in [3.63, 3.8) is 0 Å². The van der Waals surface area contributed by atoms with Gasteiger partial charge in [0.05, 0.1) is 36.0 Å². The highest BCUT2D eigenvalue weighted by atomic mass is 79.9. The number of amides is 1. The second kappa shape index (κ2) is 15.9. The van der Waals surface area contributed by atoms with Crippen molar-refractivity contribution in [2.24, 2.45) is 5.10 Å². The monoisotopic (exact) mass is 734 g/mol. The Bertz CT molecular complexity index is 1670. The number of hydrogen-bond acceptors (Lipinski definition) is 8. The number of carbonyl (C=O) groups is 2. The van der Waals surface area contributed by atoms with Gasteiger partial charge in [-0.05, 0) is 77.9 Å². The number of allylic oxidation sites excluding steroid dienone is 1. The lowest BCUT2D eigenvalue weighted by Gasteiger charge is -2.30. The van der Waals surface area contributed by atoms with E-state index in [9.17, 15) is 9.59 Å². The van der Waals surface area contributed by atoms with Crippen LogP contribution >= 0.6 is 51.3 Å². The lowest BCUT2D eigenvalue weighted by Crippen LogP contribution is -2.45. The number of nitrogens with one attached hydrogen (secondary N) is 3. The number of ether oxygens (including phenoxy) is 4. The number of methoxy groups -OCH3 is 1. The van der Waals surface area contributed by atoms with Crippen molar-refractivity contribution in [3.05, 3.63) is 97.1 Å². The number of benzene rings is 3. The zero-order valence-corrected chi connectivity index (χ0v) is 28.3. The van der Waals surface area contributed by atoms with Gasteiger partial charge in [0.2, 0.25) is 0 Å². The number of para-hydroxylation sites is 1. The predicted molar refractivity (Wildman–Crippen MR) is 180 cm³/mol. The van der Waals surface area contributed by atoms with Crippen LogP contribution < -0.4 is 30.3 Å². The van der Waals surface area contributed by atoms with Gasteiger partial charge < -0.3 is 29.6 Å². The number of esters is 1. The van der Waals surface area contributed by atoms with Gasteiger partial charge in [-0.3, -0.25) is 4.79 Å². The van der Waals surface area contributed by atoms with E-state index in [-0.39, 0.29) is 19.8 Å². The molecule has 1 atom stereocenters. The first-order valence-electron chi connectivity index (χ1n) is 13.5. The van der Waals surface area contributed by atoms with Gasteiger partial charge in [-0.25, -0.2) is 10.2 Å². The Morgan fingerprint density at radius 2 is 1.89 bits per heavy atom. The number of carbonyl (C=O) groups excluding carboxylic acids is 2. The minimum absolute atomic E-state index is 0.192. The fourth-order valence-electron chi connectivity index (χ4n) is 4.35. The molecule has 0 spiro atoms. The van der Waals surface area contributed by atoms with Crippen molar-refractivity contribution in [1.82, 2.24) is 16.1 Å². The molecular weight excluding hydrogens is 707 g/mol. The molecule has 0 bridgehead atoms. The zero-order chi connectivity index (χ0) is 32.5. The molecule has 3 aromatic rings. The summed E-state index contributed by atoms with van der Waals surface area (Å²) in [4.78, 5) is 25.4. The SMILES string of the molecule is CCOC(=O)C1=C(C)NC(=S)N[C@H]1c1ccccc1OCC(=O)NN=Cc1cc(Br)c(OCc2ccc(Cl)cc2Cl)c(OC)c1. The molecule has 45 heavy (non-hydrogen) atoms. The van der Waals surface area contributed by atoms with Gasteiger partial charge in [0.15, 0.2) is 23.2 Å². The molecule has 3 aromatic carbocycles. The zero-order valence-electron chi connectivity index (χ0n) is 24.4. The number of rotatable bonds is 12. The van der Waals surface area contributed by atoms with Crippen LogP contribution in [0, 0.1) is 0 Å². The van der Waals surface area contributed by atoms with E-state index in [0.717, 1.165) is 5.56 Å². The molecular formula is C31H29BrCl2N4O6S. The first-order chi connectivity index (χ1) is 21.6. The molecule has 0 saturated carbocycles. The number of halogens is 3. The summed E-state index contributed by atoms with van der Waals surface area (Å²) in [6.45, 7) is 3.54. The average molecular weight is 736 g/mol. The standard InChI is InChI=1S/C31H29BrCl2N4O6S/c1-4-42-30(40)27-17(2)36-31(45)37-28(27)21-7-5-6-8-24(21)43-16-26(39)38-35-14-18-11-22(32)29(25(12-18)41-3)44-15-19-9-10-20(33)13-23(19)34/h5-14,28H,4,15-16H2,1-3H3,(H,38,39)(H2,36,37,45)/t28-/m0/s1. The molecule has 4 rings (SSSR count). The Morgan fingerprint density at radius 3 is 2.62 bits per heavy atom. The Balaban J connectivity index is 1.40. The van der Waals surface area contributed by atoms with Gasteiger partial charge in [0, 0.05) is 26.9 Å². The first-order valence-corrected chi connectivity index (χ1v) is 15.5. The van der Waals surface area contributed by atoms with Crippen LogP contribution in [-0.4, -0.2) is 43.5 Å². The van der Waals surface area contributed by atoms with Crippen LogP contribution in [0.15, 0.2) is 75.4 Å². The Morgan fingerprint density at radius 1 is 1.11 bits per heavy atom. The van der Waals surface area contributed by atoms with Crippen LogP contribution in [0.25, 0.3) is 0 Å². The van der Waals surface area contributed by atoms with E-state index >= 15 is 0 Å². The summed E-state index contributed by atoms with van der Waals surface area (Å²) in [5.74, 6) is 0.311. The minimum Gasteiger partial charge on any atom is -0.493 e. The van der Waals surface area contributed by atoms with Crippen molar-refractivity contribution in [2.45, 2.75) is 26.5 Å². The van der Waals surface area contributed by atoms with Gasteiger partial charge >= 0.3 is 5.97 Å². The summed E-state index contributed by atoms with van der Waals surface area (Å²) in [5, 5.41) is 11.5. The molecule has 1 aliphatic rings. The van der Waals surface area contributed by atoms with E-state index in [1.54, 1.807) is 68.4 Å². The second-order valence-electron chi connectivity index (χ2n) is 9.47. The third-order valence-corrected chi connectivity index (χ3v) is 7.79. The number of thiocarbonyl (C=S) groups is 1. The van der Waals surface area contributed by atoms with Crippen LogP contribution in [0.4, 0.5) is 0 Å². The van der Waals surface area contributed by atoms with Crippen molar-refractivity contribution in [2.75, 3.05) is 20.3 Å². The molecule has 0 radical (unpaired) electrons. The summed E-state index contributed by atoms with van der Waals surface area (Å²) >= 11 is 21.1. The van der Waals surface area contributed by atoms with E-state index in [1.807, 2.05) is 0 Å². The van der Waals surface area contributed by atoms with E-state index in [4.69, 9.17) is 54.4 Å². The third kappa shape index (κ3) is 8.88. The fraction of sp³-hybridized carbons (Fsp3) is 0.226. The molecule has 1 aliphatic heterocycles. The lowest BCUT2D eigenvalue weighted by atomic mass is 9.95. The van der Waals surface area contributed by atoms with Gasteiger partial charge in [-0.2, -0.15) is 5.10 Å². The molecule has 1 amide bonds. The Kier molecular flexibility index (Phi) is 12.1. The average Bonchev–Trinajstić information content (AvgIpc) is 3.00. The van der Waals surface area contributed by atoms with Crippen LogP contribution in [-0.2, 0) is 20.9 Å². The Labute approximate surface area is 284 Å². The smallest absolute Gasteiger partial charge is 0.338 e. The molecule has 14 heteroatoms. The highest BCUT2D eigenvalue weighted by Gasteiger charge is 2.32. The van der Waals surface area contributed by atoms with Crippen molar-refractivity contribution >= 4 is 74.6 Å². The molecule has 10 nitrogen and oxygen atoms in total. The second-order valence-corrected chi connectivity index (χ2v) is 11.6. The topological polar surface area (TPSA) is 120 Å². The summed E-state index contributed by atoms with van der Waals surface area (Å²) < 4.78 is 23.2. The van der Waals surface area contributed by atoms with Crippen LogP contribution in [0.5, 0.6) is 17.2 Å². The molecule has 1 heterocycles. The molecule has 236 valence electrons. The third-order valence-electron chi connectivity index (χ3n) is 6.40. The number of nitrogens with zero attached hydrogens (tertiary/aromatic N) is 1. The first kappa shape index (κ1) is 34.0. The quantitative estimate of drug-likeness (QED) is 0.0861. The normalized spacial score (nSPS) is 14.4. The highest BCUT2D eigenvalue weighted by Crippen LogP contribution is 2.37. The summed E-state index contributed by atoms with van der Waals surface area (Å²) in [5.41, 5.74) is 5.38. The summed E-state index contributed by atoms with van der Waals surface area (Å²) in [6, 6.07) is 15.0. The maximum atomic E-state index is 12.8. The minimum atomic E-state index is -0.640. The maximum absolute atomic E-state index is 12.8. The molecule has 0 unspecified atom stereocenters. The maximum Gasteiger partial charge on any atom is 0.338 e. The lowest BCUT2D eigenvalue weighted by molar-refractivity contribution is -0.139. The molecule has 0 aromatic heterocycles. The van der Waals surface area contributed by atoms with Crippen molar-refractivity contribution < 1.29 is 28.5 Å². The number of hydrogen-bond donors (Lipinski definition) is 3. The Hall–Kier alpha value is -3.84. The fourth-order valence-corrected chi connectivity index (χ4v) is 5.66. The van der Waals surface area contributed by atoms with Crippen LogP contribution in [0.1, 0.15) is 36.6 Å². The highest BCUT2D eigenvalue weighted by molar-refractivity contribution is 9.10. The summed E-state index contributed by atoms with van der Waals surface area (Å²) in [7, 11) is 1.52. The van der Waals surface area contributed by atoms with Gasteiger partial charge in [-0.1, -0.05) is 47.5 Å². The van der Waals surface area contributed by atoms with Crippen LogP contribution in [0.3, 0.4) is 0 Å². The van der Waals surface area contributed by atoms with E-state index in [0.29, 0.717) is 59.3 Å². The molecule has 3 N–H and O–H groups in total. The largest absolute Gasteiger partial charge is 0.493 e. The number of hydrazone groups is 1. The van der Waals surface area contributed by atoms with Gasteiger partial charge in [0.25, 0.3) is 5.91 Å². The molecule has 0 aliphatic carbocycles. The van der Waals surface area contributed by atoms with E-state index in [1.165, 1.54) is 13.3 Å². The molecule has 0 saturated heterocycles. The summed E-state index contributed by atoms with van der Waals surface area (Å²) in [6.07, 6.45) is 1.46. The van der Waals surface area contributed by atoms with Gasteiger partial charge in [-0.15, -0.1) is 0 Å². The van der Waals surface area contributed by atoms with Crippen LogP contribution in [0.2, 0.25) is 10.0 Å². The van der Waals surface area contributed by atoms with Crippen molar-refractivity contribution in [3.8, 4) is 17.2 Å². The van der Waals surface area contributed by atoms with Gasteiger partial charge in [0.1, 0.15) is 12.4 Å². The predicted octanol–water partition coefficient (Wildman–Crippen LogP) is 6.23.